The average molecular weight is 411 g/mol. The molecule has 2 amide bonds. The van der Waals surface area contributed by atoms with Crippen LogP contribution in [0.15, 0.2) is 54.2 Å². The number of amides is 2. The molecule has 9 heteroatoms. The van der Waals surface area contributed by atoms with E-state index in [9.17, 15) is 22.8 Å². The Morgan fingerprint density at radius 2 is 1.75 bits per heavy atom. The van der Waals surface area contributed by atoms with Crippen molar-refractivity contribution < 1.29 is 27.5 Å². The number of imide groups is 1. The molecule has 0 spiro atoms. The van der Waals surface area contributed by atoms with Crippen molar-refractivity contribution in [2.45, 2.75) is 13.3 Å². The Bertz CT molecular complexity index is 956. The second-order valence-corrected chi connectivity index (χ2v) is 6.25. The minimum atomic E-state index is -4.84. The summed E-state index contributed by atoms with van der Waals surface area (Å²) in [4.78, 5) is 26.4. The van der Waals surface area contributed by atoms with Gasteiger partial charge >= 0.3 is 6.36 Å². The summed E-state index contributed by atoms with van der Waals surface area (Å²) in [6, 6.07) is 11.4. The maximum absolute atomic E-state index is 12.7. The molecule has 0 unspecified atom stereocenters. The summed E-state index contributed by atoms with van der Waals surface area (Å²) in [5, 5.41) is 3.22. The molecule has 0 saturated heterocycles. The summed E-state index contributed by atoms with van der Waals surface area (Å²) in [5.41, 5.74) is 0.718. The van der Waals surface area contributed by atoms with E-state index in [0.717, 1.165) is 17.0 Å². The van der Waals surface area contributed by atoms with Gasteiger partial charge in [0.25, 0.3) is 11.8 Å². The van der Waals surface area contributed by atoms with Crippen LogP contribution < -0.4 is 10.1 Å². The molecule has 0 fully saturated rings. The minimum Gasteiger partial charge on any atom is -0.406 e. The highest BCUT2D eigenvalue weighted by molar-refractivity contribution is 6.36. The molecule has 1 heterocycles. The third-order valence-electron chi connectivity index (χ3n) is 3.95. The minimum absolute atomic E-state index is 0.0293. The molecule has 1 aliphatic rings. The zero-order chi connectivity index (χ0) is 20.5. The summed E-state index contributed by atoms with van der Waals surface area (Å²) in [7, 11) is 0. The molecule has 28 heavy (non-hydrogen) atoms. The molecule has 0 bridgehead atoms. The standard InChI is InChI=1S/C19H14ClF3N2O3/c1-2-25-17(26)15(11-6-8-12(20)9-7-11)16(18(25)27)24-13-4-3-5-14(10-13)28-19(21,22)23/h3-10,24H,2H2,1H3. The molecule has 5 nitrogen and oxygen atoms in total. The topological polar surface area (TPSA) is 58.6 Å². The van der Waals surface area contributed by atoms with Gasteiger partial charge in [-0.2, -0.15) is 0 Å². The largest absolute Gasteiger partial charge is 0.573 e. The lowest BCUT2D eigenvalue weighted by atomic mass is 10.0. The van der Waals surface area contributed by atoms with Crippen LogP contribution in [0.3, 0.4) is 0 Å². The van der Waals surface area contributed by atoms with Crippen molar-refractivity contribution in [3.05, 3.63) is 64.8 Å². The Morgan fingerprint density at radius 1 is 1.07 bits per heavy atom. The number of carbonyl (C=O) groups is 2. The van der Waals surface area contributed by atoms with Gasteiger partial charge in [0.1, 0.15) is 11.4 Å². The van der Waals surface area contributed by atoms with E-state index in [1.807, 2.05) is 0 Å². The van der Waals surface area contributed by atoms with Gasteiger partial charge in [0.05, 0.1) is 5.57 Å². The second kappa shape index (κ2) is 7.55. The summed E-state index contributed by atoms with van der Waals surface area (Å²) in [6.07, 6.45) is -4.84. The first-order valence-electron chi connectivity index (χ1n) is 8.19. The van der Waals surface area contributed by atoms with Crippen molar-refractivity contribution in [2.75, 3.05) is 11.9 Å². The fourth-order valence-electron chi connectivity index (χ4n) is 2.78. The zero-order valence-electron chi connectivity index (χ0n) is 14.5. The molecule has 146 valence electrons. The third-order valence-corrected chi connectivity index (χ3v) is 4.21. The maximum Gasteiger partial charge on any atom is 0.573 e. The van der Waals surface area contributed by atoms with Crippen LogP contribution in [0.5, 0.6) is 5.75 Å². The fourth-order valence-corrected chi connectivity index (χ4v) is 2.90. The van der Waals surface area contributed by atoms with Crippen LogP contribution >= 0.6 is 11.6 Å². The van der Waals surface area contributed by atoms with Crippen LogP contribution in [0.1, 0.15) is 12.5 Å². The van der Waals surface area contributed by atoms with Gasteiger partial charge in [-0.3, -0.25) is 14.5 Å². The van der Waals surface area contributed by atoms with Gasteiger partial charge in [0.2, 0.25) is 0 Å². The number of carbonyl (C=O) groups excluding carboxylic acids is 2. The number of rotatable bonds is 5. The van der Waals surface area contributed by atoms with E-state index in [-0.39, 0.29) is 23.5 Å². The van der Waals surface area contributed by atoms with Gasteiger partial charge < -0.3 is 10.1 Å². The first-order valence-corrected chi connectivity index (χ1v) is 8.56. The van der Waals surface area contributed by atoms with Crippen molar-refractivity contribution in [3.8, 4) is 5.75 Å². The highest BCUT2D eigenvalue weighted by atomic mass is 35.5. The lowest BCUT2D eigenvalue weighted by Crippen LogP contribution is -2.32. The number of ether oxygens (including phenoxy) is 1. The SMILES string of the molecule is CCN1C(=O)C(Nc2cccc(OC(F)(F)F)c2)=C(c2ccc(Cl)cc2)C1=O. The smallest absolute Gasteiger partial charge is 0.406 e. The fraction of sp³-hybridized carbons (Fsp3) is 0.158. The predicted molar refractivity (Wildman–Crippen MR) is 97.5 cm³/mol. The lowest BCUT2D eigenvalue weighted by Gasteiger charge is -2.13. The van der Waals surface area contributed by atoms with E-state index in [1.165, 1.54) is 12.1 Å². The first-order chi connectivity index (χ1) is 13.2. The number of nitrogens with one attached hydrogen (secondary N) is 1. The van der Waals surface area contributed by atoms with Crippen LogP contribution in [0, 0.1) is 0 Å². The summed E-state index contributed by atoms with van der Waals surface area (Å²) < 4.78 is 41.2. The molecule has 1 N–H and O–H groups in total. The molecule has 0 aliphatic carbocycles. The van der Waals surface area contributed by atoms with Crippen LogP contribution in [0.25, 0.3) is 5.57 Å². The number of hydrogen-bond donors (Lipinski definition) is 1. The molecular weight excluding hydrogens is 397 g/mol. The molecule has 0 aromatic heterocycles. The number of benzene rings is 2. The van der Waals surface area contributed by atoms with Crippen molar-refractivity contribution in [2.24, 2.45) is 0 Å². The van der Waals surface area contributed by atoms with Gasteiger partial charge in [0.15, 0.2) is 0 Å². The monoisotopic (exact) mass is 410 g/mol. The Labute approximate surface area is 163 Å². The van der Waals surface area contributed by atoms with Crippen molar-refractivity contribution >= 4 is 34.7 Å². The first kappa shape index (κ1) is 19.8. The molecular formula is C19H14ClF3N2O3. The molecule has 0 saturated carbocycles. The normalized spacial score (nSPS) is 14.7. The third kappa shape index (κ3) is 4.12. The number of anilines is 1. The van der Waals surface area contributed by atoms with Gasteiger partial charge in [-0.1, -0.05) is 29.8 Å². The highest BCUT2D eigenvalue weighted by Gasteiger charge is 2.38. The summed E-state index contributed by atoms with van der Waals surface area (Å²) in [5.74, 6) is -1.52. The number of nitrogens with zero attached hydrogens (tertiary/aromatic N) is 1. The number of alkyl halides is 3. The number of halogens is 4. The van der Waals surface area contributed by atoms with Crippen LogP contribution in [-0.4, -0.2) is 29.6 Å². The summed E-state index contributed by atoms with van der Waals surface area (Å²) in [6.45, 7) is 1.80. The zero-order valence-corrected chi connectivity index (χ0v) is 15.3. The van der Waals surface area contributed by atoms with Crippen molar-refractivity contribution in [3.63, 3.8) is 0 Å². The van der Waals surface area contributed by atoms with E-state index in [0.29, 0.717) is 10.6 Å². The van der Waals surface area contributed by atoms with E-state index in [4.69, 9.17) is 11.6 Å². The predicted octanol–water partition coefficient (Wildman–Crippen LogP) is 4.45. The molecule has 1 aliphatic heterocycles. The molecule has 2 aromatic rings. The van der Waals surface area contributed by atoms with Crippen LogP contribution in [0.2, 0.25) is 5.02 Å². The second-order valence-electron chi connectivity index (χ2n) is 5.81. The quantitative estimate of drug-likeness (QED) is 0.740. The highest BCUT2D eigenvalue weighted by Crippen LogP contribution is 2.32. The van der Waals surface area contributed by atoms with Crippen LogP contribution in [-0.2, 0) is 9.59 Å². The van der Waals surface area contributed by atoms with E-state index in [2.05, 4.69) is 10.1 Å². The average Bonchev–Trinajstić information content (AvgIpc) is 2.84. The van der Waals surface area contributed by atoms with E-state index >= 15 is 0 Å². The molecule has 0 radical (unpaired) electrons. The van der Waals surface area contributed by atoms with Crippen molar-refractivity contribution in [1.29, 1.82) is 0 Å². The molecule has 0 atom stereocenters. The maximum atomic E-state index is 12.7. The van der Waals surface area contributed by atoms with E-state index < -0.39 is 23.9 Å². The lowest BCUT2D eigenvalue weighted by molar-refractivity contribution is -0.274. The van der Waals surface area contributed by atoms with Gasteiger partial charge in [-0.05, 0) is 36.8 Å². The van der Waals surface area contributed by atoms with E-state index in [1.54, 1.807) is 31.2 Å². The van der Waals surface area contributed by atoms with Crippen LogP contribution in [0.4, 0.5) is 18.9 Å². The van der Waals surface area contributed by atoms with Gasteiger partial charge in [-0.25, -0.2) is 0 Å². The Kier molecular flexibility index (Phi) is 5.33. The Hall–Kier alpha value is -3.00. The Morgan fingerprint density at radius 3 is 2.36 bits per heavy atom. The molecule has 2 aromatic carbocycles. The van der Waals surface area contributed by atoms with Gasteiger partial charge in [0, 0.05) is 23.3 Å². The van der Waals surface area contributed by atoms with Gasteiger partial charge in [-0.15, -0.1) is 13.2 Å². The Balaban J connectivity index is 2.01. The molecule has 3 rings (SSSR count). The number of hydrogen-bond acceptors (Lipinski definition) is 4. The number of likely N-dealkylation sites (N-methyl/N-ethyl adjacent to an activating group) is 1. The van der Waals surface area contributed by atoms with Crippen molar-refractivity contribution in [1.82, 2.24) is 4.90 Å². The summed E-state index contributed by atoms with van der Waals surface area (Å²) >= 11 is 5.88.